The summed E-state index contributed by atoms with van der Waals surface area (Å²) in [7, 11) is 0. The van der Waals surface area contributed by atoms with Gasteiger partial charge in [0.25, 0.3) is 0 Å². The Hall–Kier alpha value is -7.36. The summed E-state index contributed by atoms with van der Waals surface area (Å²) in [4.78, 5) is 15.1. The van der Waals surface area contributed by atoms with Crippen molar-refractivity contribution in [3.8, 4) is 62.5 Å². The molecule has 6 nitrogen and oxygen atoms in total. The third-order valence-electron chi connectivity index (χ3n) is 9.56. The average Bonchev–Trinajstić information content (AvgIpc) is 3.80. The van der Waals surface area contributed by atoms with E-state index in [0.717, 1.165) is 82.8 Å². The molecule has 7 aromatic carbocycles. The largest absolute Gasteiger partial charge is 0.455 e. The Morgan fingerprint density at radius 2 is 0.827 bits per heavy atom. The molecule has 0 fully saturated rings. The topological polar surface area (TPSA) is 88.7 Å². The molecule has 0 aliphatic carbocycles. The first-order valence-electron chi connectivity index (χ1n) is 17.0. The molecule has 52 heavy (non-hydrogen) atoms. The van der Waals surface area contributed by atoms with Crippen LogP contribution in [0.4, 0.5) is 0 Å². The molecule has 0 radical (unpaired) electrons. The van der Waals surface area contributed by atoms with Crippen LogP contribution in [0.3, 0.4) is 0 Å². The normalized spacial score (nSPS) is 11.4. The van der Waals surface area contributed by atoms with Gasteiger partial charge in [0, 0.05) is 49.4 Å². The third kappa shape index (κ3) is 4.92. The number of hydrogen-bond donors (Lipinski definition) is 0. The second-order valence-corrected chi connectivity index (χ2v) is 12.7. The maximum absolute atomic E-state index is 9.43. The van der Waals surface area contributed by atoms with Gasteiger partial charge in [-0.2, -0.15) is 5.26 Å². The number of fused-ring (bicyclic) bond motifs is 6. The van der Waals surface area contributed by atoms with E-state index in [-0.39, 0.29) is 0 Å². The third-order valence-corrected chi connectivity index (χ3v) is 9.56. The maximum Gasteiger partial charge on any atom is 0.164 e. The molecule has 3 heterocycles. The van der Waals surface area contributed by atoms with Crippen LogP contribution < -0.4 is 0 Å². The van der Waals surface area contributed by atoms with Gasteiger partial charge in [0.05, 0.1) is 11.6 Å². The fraction of sp³-hybridized carbons (Fsp3) is 0. The van der Waals surface area contributed by atoms with Crippen molar-refractivity contribution < 1.29 is 8.83 Å². The summed E-state index contributed by atoms with van der Waals surface area (Å²) in [6.07, 6.45) is 0. The molecule has 3 aromatic heterocycles. The van der Waals surface area contributed by atoms with E-state index >= 15 is 0 Å². The lowest BCUT2D eigenvalue weighted by Crippen LogP contribution is -2.00. The SMILES string of the molecule is N#Cc1ccc(-c2nc(-c3ccccc3)nc(-c3cc(-c4cccc5c4oc4ccccc45)cc(-c4cccc5c4oc4ccccc45)c3)n2)cc1. The quantitative estimate of drug-likeness (QED) is 0.182. The Morgan fingerprint density at radius 1 is 0.385 bits per heavy atom. The molecule has 0 amide bonds. The van der Waals surface area contributed by atoms with Gasteiger partial charge >= 0.3 is 0 Å². The smallest absolute Gasteiger partial charge is 0.164 e. The van der Waals surface area contributed by atoms with Gasteiger partial charge in [-0.15, -0.1) is 0 Å². The van der Waals surface area contributed by atoms with Gasteiger partial charge in [-0.05, 0) is 65.7 Å². The summed E-state index contributed by atoms with van der Waals surface area (Å²) in [5, 5.41) is 13.7. The van der Waals surface area contributed by atoms with Gasteiger partial charge in [-0.25, -0.2) is 15.0 Å². The van der Waals surface area contributed by atoms with Crippen molar-refractivity contribution in [2.24, 2.45) is 0 Å². The molecule has 0 atom stereocenters. The van der Waals surface area contributed by atoms with E-state index in [1.165, 1.54) is 0 Å². The Labute approximate surface area is 297 Å². The molecule has 10 aromatic rings. The zero-order valence-corrected chi connectivity index (χ0v) is 27.6. The van der Waals surface area contributed by atoms with Gasteiger partial charge in [-0.3, -0.25) is 0 Å². The summed E-state index contributed by atoms with van der Waals surface area (Å²) in [5.41, 5.74) is 10.2. The molecule has 0 aliphatic heterocycles. The Balaban J connectivity index is 1.25. The molecule has 6 heteroatoms. The zero-order valence-electron chi connectivity index (χ0n) is 27.6. The van der Waals surface area contributed by atoms with Crippen molar-refractivity contribution in [1.82, 2.24) is 15.0 Å². The highest BCUT2D eigenvalue weighted by atomic mass is 16.3. The summed E-state index contributed by atoms with van der Waals surface area (Å²) in [6.45, 7) is 0. The van der Waals surface area contributed by atoms with Crippen molar-refractivity contribution >= 4 is 43.9 Å². The molecule has 0 aliphatic rings. The minimum Gasteiger partial charge on any atom is -0.455 e. The van der Waals surface area contributed by atoms with Crippen LogP contribution in [0.2, 0.25) is 0 Å². The summed E-state index contributed by atoms with van der Waals surface area (Å²) < 4.78 is 13.1. The summed E-state index contributed by atoms with van der Waals surface area (Å²) in [6, 6.07) is 54.6. The van der Waals surface area contributed by atoms with E-state index in [1.807, 2.05) is 78.9 Å². The second-order valence-electron chi connectivity index (χ2n) is 12.7. The number of para-hydroxylation sites is 4. The van der Waals surface area contributed by atoms with Gasteiger partial charge in [-0.1, -0.05) is 103 Å². The summed E-state index contributed by atoms with van der Waals surface area (Å²) >= 11 is 0. The van der Waals surface area contributed by atoms with Crippen molar-refractivity contribution in [2.45, 2.75) is 0 Å². The van der Waals surface area contributed by atoms with E-state index in [9.17, 15) is 5.26 Å². The lowest BCUT2D eigenvalue weighted by Gasteiger charge is -2.13. The van der Waals surface area contributed by atoms with Crippen LogP contribution >= 0.6 is 0 Å². The molecule has 0 N–H and O–H groups in total. The number of nitrogens with zero attached hydrogens (tertiary/aromatic N) is 4. The van der Waals surface area contributed by atoms with Crippen molar-refractivity contribution in [2.75, 3.05) is 0 Å². The maximum atomic E-state index is 9.43. The van der Waals surface area contributed by atoms with E-state index in [0.29, 0.717) is 23.0 Å². The predicted octanol–water partition coefficient (Wildman–Crippen LogP) is 11.9. The number of benzene rings is 7. The standard InChI is InChI=1S/C46H26N4O2/c47-27-28-20-22-30(23-21-28)45-48-44(29-10-2-1-3-11-29)49-46(50-45)33-25-31(34-14-8-16-38-36-12-4-6-18-40(36)51-42(34)38)24-32(26-33)35-15-9-17-39-37-13-5-7-19-41(37)52-43(35)39/h1-26H. The second kappa shape index (κ2) is 11.9. The molecular weight excluding hydrogens is 641 g/mol. The van der Waals surface area contributed by atoms with Crippen LogP contribution in [-0.2, 0) is 0 Å². The first-order chi connectivity index (χ1) is 25.7. The lowest BCUT2D eigenvalue weighted by atomic mass is 9.94. The fourth-order valence-corrected chi connectivity index (χ4v) is 7.06. The van der Waals surface area contributed by atoms with E-state index in [4.69, 9.17) is 23.8 Å². The van der Waals surface area contributed by atoms with Gasteiger partial charge in [0.2, 0.25) is 0 Å². The van der Waals surface area contributed by atoms with E-state index < -0.39 is 0 Å². The van der Waals surface area contributed by atoms with Crippen molar-refractivity contribution in [3.63, 3.8) is 0 Å². The molecule has 0 bridgehead atoms. The molecule has 10 rings (SSSR count). The van der Waals surface area contributed by atoms with Crippen LogP contribution in [-0.4, -0.2) is 15.0 Å². The number of nitriles is 1. The Bertz CT molecular complexity index is 2890. The highest BCUT2D eigenvalue weighted by Crippen LogP contribution is 2.41. The highest BCUT2D eigenvalue weighted by Gasteiger charge is 2.19. The van der Waals surface area contributed by atoms with Crippen LogP contribution in [0.5, 0.6) is 0 Å². The summed E-state index contributed by atoms with van der Waals surface area (Å²) in [5.74, 6) is 1.58. The molecule has 0 unspecified atom stereocenters. The van der Waals surface area contributed by atoms with Gasteiger partial charge in [0.1, 0.15) is 22.3 Å². The highest BCUT2D eigenvalue weighted by molar-refractivity contribution is 6.11. The Morgan fingerprint density at radius 3 is 1.37 bits per heavy atom. The van der Waals surface area contributed by atoms with E-state index in [1.54, 1.807) is 12.1 Å². The van der Waals surface area contributed by atoms with E-state index in [2.05, 4.69) is 72.8 Å². The minimum absolute atomic E-state index is 0.513. The molecule has 0 saturated heterocycles. The number of hydrogen-bond acceptors (Lipinski definition) is 6. The average molecular weight is 667 g/mol. The fourth-order valence-electron chi connectivity index (χ4n) is 7.06. The molecule has 0 spiro atoms. The molecule has 0 saturated carbocycles. The van der Waals surface area contributed by atoms with Gasteiger partial charge < -0.3 is 8.83 Å². The minimum atomic E-state index is 0.513. The number of furan rings is 2. The first-order valence-corrected chi connectivity index (χ1v) is 17.0. The van der Waals surface area contributed by atoms with Crippen LogP contribution in [0.25, 0.3) is 100 Å². The van der Waals surface area contributed by atoms with Crippen LogP contribution in [0.1, 0.15) is 5.56 Å². The number of rotatable bonds is 5. The van der Waals surface area contributed by atoms with Crippen molar-refractivity contribution in [3.05, 3.63) is 163 Å². The molecule has 242 valence electrons. The first kappa shape index (κ1) is 29.5. The predicted molar refractivity (Wildman–Crippen MR) is 206 cm³/mol. The van der Waals surface area contributed by atoms with Crippen molar-refractivity contribution in [1.29, 1.82) is 5.26 Å². The van der Waals surface area contributed by atoms with Gasteiger partial charge in [0.15, 0.2) is 17.5 Å². The monoisotopic (exact) mass is 666 g/mol. The van der Waals surface area contributed by atoms with Crippen LogP contribution in [0, 0.1) is 11.3 Å². The zero-order chi connectivity index (χ0) is 34.6. The number of aromatic nitrogens is 3. The molecular formula is C46H26N4O2. The van der Waals surface area contributed by atoms with Crippen LogP contribution in [0.15, 0.2) is 167 Å². The lowest BCUT2D eigenvalue weighted by molar-refractivity contribution is 0.670. The Kier molecular flexibility index (Phi) is 6.76.